The lowest BCUT2D eigenvalue weighted by molar-refractivity contribution is -0.123. The van der Waals surface area contributed by atoms with Crippen LogP contribution in [0.2, 0.25) is 0 Å². The van der Waals surface area contributed by atoms with Crippen LogP contribution < -0.4 is 25.3 Å². The fourth-order valence-corrected chi connectivity index (χ4v) is 5.81. The van der Waals surface area contributed by atoms with Gasteiger partial charge in [-0.25, -0.2) is 4.98 Å². The van der Waals surface area contributed by atoms with Crippen molar-refractivity contribution in [2.24, 2.45) is 5.92 Å². The average Bonchev–Trinajstić information content (AvgIpc) is 3.59. The molecule has 1 aliphatic heterocycles. The van der Waals surface area contributed by atoms with Gasteiger partial charge in [0.1, 0.15) is 23.2 Å². The van der Waals surface area contributed by atoms with Crippen molar-refractivity contribution in [3.05, 3.63) is 83.9 Å². The van der Waals surface area contributed by atoms with E-state index in [-0.39, 0.29) is 36.7 Å². The Morgan fingerprint density at radius 2 is 1.55 bits per heavy atom. The van der Waals surface area contributed by atoms with Crippen molar-refractivity contribution in [3.8, 4) is 11.5 Å². The number of fused-ring (bicyclic) bond motifs is 1. The second kappa shape index (κ2) is 20.6. The molecule has 0 spiro atoms. The van der Waals surface area contributed by atoms with Crippen LogP contribution in [0.15, 0.2) is 67.1 Å². The third kappa shape index (κ3) is 13.1. The predicted octanol–water partition coefficient (Wildman–Crippen LogP) is 2.65. The number of benzene rings is 2. The number of aliphatic hydroxyl groups is 3. The molecule has 15 heteroatoms. The Balaban J connectivity index is 1.37. The van der Waals surface area contributed by atoms with E-state index in [1.54, 1.807) is 12.1 Å². The van der Waals surface area contributed by atoms with E-state index in [9.17, 15) is 29.7 Å². The van der Waals surface area contributed by atoms with Crippen molar-refractivity contribution < 1.29 is 43.7 Å². The number of nitrogens with zero attached hydrogens (tertiary/aromatic N) is 2. The fourth-order valence-electron chi connectivity index (χ4n) is 5.81. The highest BCUT2D eigenvalue weighted by Crippen LogP contribution is 2.35. The summed E-state index contributed by atoms with van der Waals surface area (Å²) in [7, 11) is -0.910. The molecular formula is C38H52BN5O9. The largest absolute Gasteiger partial charge is 0.618 e. The Morgan fingerprint density at radius 3 is 2.19 bits per heavy atom. The van der Waals surface area contributed by atoms with E-state index in [4.69, 9.17) is 14.0 Å². The van der Waals surface area contributed by atoms with Crippen LogP contribution in [-0.2, 0) is 16.0 Å². The molecule has 5 atom stereocenters. The Kier molecular flexibility index (Phi) is 16.0. The third-order valence-corrected chi connectivity index (χ3v) is 8.81. The van der Waals surface area contributed by atoms with Crippen LogP contribution in [0.3, 0.4) is 0 Å². The van der Waals surface area contributed by atoms with E-state index in [1.165, 1.54) is 24.7 Å². The maximum absolute atomic E-state index is 13.8. The van der Waals surface area contributed by atoms with Crippen LogP contribution >= 0.6 is 0 Å². The first-order valence-corrected chi connectivity index (χ1v) is 18.3. The zero-order chi connectivity index (χ0) is 38.3. The number of nitrogens with one attached hydrogen (secondary N) is 3. The number of carbonyl (C=O) groups is 3. The lowest BCUT2D eigenvalue weighted by Gasteiger charge is -2.25. The van der Waals surface area contributed by atoms with Gasteiger partial charge < -0.3 is 45.3 Å². The van der Waals surface area contributed by atoms with Crippen LogP contribution in [-0.4, -0.2) is 99.7 Å². The summed E-state index contributed by atoms with van der Waals surface area (Å²) in [5.41, 5.74) is 1.20. The van der Waals surface area contributed by atoms with E-state index < -0.39 is 61.2 Å². The molecule has 53 heavy (non-hydrogen) atoms. The second-order valence-corrected chi connectivity index (χ2v) is 13.7. The Bertz CT molecular complexity index is 1590. The lowest BCUT2D eigenvalue weighted by atomic mass is 9.74. The van der Waals surface area contributed by atoms with Crippen molar-refractivity contribution in [3.63, 3.8) is 0 Å². The average molecular weight is 734 g/mol. The molecule has 14 nitrogen and oxygen atoms in total. The molecule has 3 amide bonds. The predicted molar refractivity (Wildman–Crippen MR) is 198 cm³/mol. The summed E-state index contributed by atoms with van der Waals surface area (Å²) >= 11 is 0. The molecule has 286 valence electrons. The molecule has 3 unspecified atom stereocenters. The van der Waals surface area contributed by atoms with Gasteiger partial charge in [-0.05, 0) is 61.8 Å². The summed E-state index contributed by atoms with van der Waals surface area (Å²) in [4.78, 5) is 47.9. The molecule has 0 saturated carbocycles. The third-order valence-electron chi connectivity index (χ3n) is 8.81. The maximum atomic E-state index is 13.8. The SMILES string of the molecule is CCC(O)CC(CC(O)CC)OCC(O)CNC(=O)c1ccc2c(c1)OB([C@H](CC(C)C)NC(=O)[C@H](Cc1ccccc1)NC(=O)c1cnccn1)O2. The summed E-state index contributed by atoms with van der Waals surface area (Å²) in [6, 6.07) is 13.1. The van der Waals surface area contributed by atoms with Crippen LogP contribution in [0.25, 0.3) is 0 Å². The Morgan fingerprint density at radius 1 is 0.849 bits per heavy atom. The minimum atomic E-state index is -1.02. The van der Waals surface area contributed by atoms with E-state index in [0.29, 0.717) is 43.6 Å². The van der Waals surface area contributed by atoms with Crippen LogP contribution in [0, 0.1) is 5.92 Å². The number of aliphatic hydroxyl groups excluding tert-OH is 3. The van der Waals surface area contributed by atoms with Gasteiger partial charge in [-0.15, -0.1) is 0 Å². The van der Waals surface area contributed by atoms with Crippen molar-refractivity contribution in [1.82, 2.24) is 25.9 Å². The quantitative estimate of drug-likeness (QED) is 0.0880. The van der Waals surface area contributed by atoms with Gasteiger partial charge in [0, 0.05) is 30.9 Å². The topological polar surface area (TPSA) is 201 Å². The molecule has 4 rings (SSSR count). The van der Waals surface area contributed by atoms with Gasteiger partial charge in [-0.2, -0.15) is 0 Å². The highest BCUT2D eigenvalue weighted by molar-refractivity contribution is 6.50. The summed E-state index contributed by atoms with van der Waals surface area (Å²) < 4.78 is 18.1. The number of hydrogen-bond donors (Lipinski definition) is 6. The number of rotatable bonds is 21. The molecule has 2 aromatic carbocycles. The van der Waals surface area contributed by atoms with Crippen LogP contribution in [0.5, 0.6) is 11.5 Å². The minimum Gasteiger partial charge on any atom is -0.522 e. The molecule has 2 heterocycles. The first kappa shape index (κ1) is 41.2. The van der Waals surface area contributed by atoms with Crippen LogP contribution in [0.1, 0.15) is 86.2 Å². The van der Waals surface area contributed by atoms with E-state index in [2.05, 4.69) is 25.9 Å². The van der Waals surface area contributed by atoms with E-state index >= 15 is 0 Å². The number of amides is 3. The van der Waals surface area contributed by atoms with Gasteiger partial charge in [0.25, 0.3) is 11.8 Å². The molecule has 0 fully saturated rings. The molecule has 6 N–H and O–H groups in total. The van der Waals surface area contributed by atoms with Gasteiger partial charge in [0.05, 0.1) is 43.2 Å². The van der Waals surface area contributed by atoms with Crippen molar-refractivity contribution in [2.45, 2.75) is 103 Å². The maximum Gasteiger partial charge on any atom is 0.618 e. The zero-order valence-electron chi connectivity index (χ0n) is 30.8. The van der Waals surface area contributed by atoms with Gasteiger partial charge in [0.2, 0.25) is 5.91 Å². The molecule has 0 radical (unpaired) electrons. The molecular weight excluding hydrogens is 681 g/mol. The molecule has 3 aromatic rings. The molecule has 1 aliphatic rings. The summed E-state index contributed by atoms with van der Waals surface area (Å²) in [5, 5.41) is 39.2. The fraction of sp³-hybridized carbons (Fsp3) is 0.500. The van der Waals surface area contributed by atoms with Crippen molar-refractivity contribution in [1.29, 1.82) is 0 Å². The highest BCUT2D eigenvalue weighted by atomic mass is 16.6. The summed E-state index contributed by atoms with van der Waals surface area (Å²) in [6.45, 7) is 7.55. The van der Waals surface area contributed by atoms with Gasteiger partial charge in [-0.3, -0.25) is 19.4 Å². The normalized spacial score (nSPS) is 15.6. The highest BCUT2D eigenvalue weighted by Gasteiger charge is 2.42. The van der Waals surface area contributed by atoms with Crippen molar-refractivity contribution >= 4 is 24.8 Å². The van der Waals surface area contributed by atoms with Gasteiger partial charge >= 0.3 is 7.12 Å². The number of hydrogen-bond acceptors (Lipinski definition) is 11. The minimum absolute atomic E-state index is 0.0811. The number of ether oxygens (including phenoxy) is 1. The molecule has 0 bridgehead atoms. The first-order chi connectivity index (χ1) is 25.4. The van der Waals surface area contributed by atoms with E-state index in [1.807, 2.05) is 58.0 Å². The van der Waals surface area contributed by atoms with Crippen LogP contribution in [0.4, 0.5) is 0 Å². The smallest absolute Gasteiger partial charge is 0.522 e. The standard InChI is InChI=1S/C38H52BN5O9/c1-5-27(45)19-30(20-28(46)6-2)51-23-29(47)21-42-36(48)26-12-13-33-34(18-26)53-39(52-33)35(16-24(3)4)44-37(49)31(17-25-10-8-7-9-11-25)43-38(50)32-22-40-14-15-41-32/h7-15,18,22,24,27-31,35,45-47H,5-6,16-17,19-21,23H2,1-4H3,(H,42,48)(H,43,50)(H,44,49)/t27?,28?,29?,30?,31-,35-/m0/s1. The summed E-state index contributed by atoms with van der Waals surface area (Å²) in [6.07, 6.45) is 4.05. The Labute approximate surface area is 311 Å². The summed E-state index contributed by atoms with van der Waals surface area (Å²) in [5.74, 6) is -1.19. The van der Waals surface area contributed by atoms with Gasteiger partial charge in [-0.1, -0.05) is 58.0 Å². The second-order valence-electron chi connectivity index (χ2n) is 13.7. The monoisotopic (exact) mass is 733 g/mol. The zero-order valence-corrected chi connectivity index (χ0v) is 30.8. The number of aromatic nitrogens is 2. The number of carbonyl (C=O) groups excluding carboxylic acids is 3. The van der Waals surface area contributed by atoms with Crippen molar-refractivity contribution in [2.75, 3.05) is 13.2 Å². The first-order valence-electron chi connectivity index (χ1n) is 18.3. The lowest BCUT2D eigenvalue weighted by Crippen LogP contribution is -2.57. The van der Waals surface area contributed by atoms with E-state index in [0.717, 1.165) is 5.56 Å². The molecule has 0 aliphatic carbocycles. The van der Waals surface area contributed by atoms with Gasteiger partial charge in [0.15, 0.2) is 0 Å². The molecule has 0 saturated heterocycles. The molecule has 1 aromatic heterocycles. The Hall–Kier alpha value is -4.57.